The second kappa shape index (κ2) is 11.4. The van der Waals surface area contributed by atoms with Crippen molar-refractivity contribution in [2.45, 2.75) is 39.3 Å². The predicted octanol–water partition coefficient (Wildman–Crippen LogP) is 5.22. The molecule has 2 aromatic carbocycles. The number of rotatable bonds is 8. The van der Waals surface area contributed by atoms with Gasteiger partial charge >= 0.3 is 0 Å². The average Bonchev–Trinajstić information content (AvgIpc) is 3.41. The molecule has 0 radical (unpaired) electrons. The summed E-state index contributed by atoms with van der Waals surface area (Å²) in [6, 6.07) is 14.6. The first kappa shape index (κ1) is 25.3. The van der Waals surface area contributed by atoms with Crippen molar-refractivity contribution in [2.24, 2.45) is 5.92 Å². The van der Waals surface area contributed by atoms with Gasteiger partial charge in [-0.15, -0.1) is 0 Å². The summed E-state index contributed by atoms with van der Waals surface area (Å²) in [4.78, 5) is 28.0. The molecule has 1 saturated heterocycles. The van der Waals surface area contributed by atoms with Gasteiger partial charge in [-0.05, 0) is 73.2 Å². The second-order valence-electron chi connectivity index (χ2n) is 9.56. The van der Waals surface area contributed by atoms with Crippen LogP contribution < -0.4 is 10.2 Å². The number of benzene rings is 2. The van der Waals surface area contributed by atoms with Gasteiger partial charge in [-0.3, -0.25) is 4.79 Å². The number of aromatic nitrogens is 3. The van der Waals surface area contributed by atoms with E-state index in [1.165, 1.54) is 0 Å². The van der Waals surface area contributed by atoms with Crippen molar-refractivity contribution in [1.29, 1.82) is 5.26 Å². The van der Waals surface area contributed by atoms with Gasteiger partial charge in [0.2, 0.25) is 11.8 Å². The van der Waals surface area contributed by atoms with Gasteiger partial charge in [-0.1, -0.05) is 13.3 Å². The first-order chi connectivity index (χ1) is 18.6. The van der Waals surface area contributed by atoms with E-state index in [0.717, 1.165) is 49.9 Å². The standard InChI is InChI=1S/C29H29FN6O2/c1-2-3-23-14-20(17-31)15-25-26(23)38-28(35-25)22-6-4-21(5-7-22)27(37)33-18-19-9-12-36(13-10-19)29-32-11-8-24(16-30)34-29/h4-8,11,14-15,19H,2-3,9-10,12-13,16,18H2,1H3,(H,33,37). The Bertz CT molecular complexity index is 1470. The predicted molar refractivity (Wildman–Crippen MR) is 142 cm³/mol. The van der Waals surface area contributed by atoms with Gasteiger partial charge in [0.05, 0.1) is 17.3 Å². The molecule has 38 heavy (non-hydrogen) atoms. The zero-order chi connectivity index (χ0) is 26.5. The Morgan fingerprint density at radius 3 is 2.68 bits per heavy atom. The highest BCUT2D eigenvalue weighted by Crippen LogP contribution is 2.29. The van der Waals surface area contributed by atoms with Gasteiger partial charge < -0.3 is 14.6 Å². The highest BCUT2D eigenvalue weighted by molar-refractivity contribution is 5.94. The van der Waals surface area contributed by atoms with E-state index in [2.05, 4.69) is 38.2 Å². The second-order valence-corrected chi connectivity index (χ2v) is 9.56. The van der Waals surface area contributed by atoms with Gasteiger partial charge in [0, 0.05) is 37.0 Å². The number of carbonyl (C=O) groups is 1. The molecule has 1 aliphatic heterocycles. The number of halogens is 1. The maximum Gasteiger partial charge on any atom is 0.251 e. The number of nitrogens with zero attached hydrogens (tertiary/aromatic N) is 5. The summed E-state index contributed by atoms with van der Waals surface area (Å²) in [5.74, 6) is 1.26. The monoisotopic (exact) mass is 512 g/mol. The fraction of sp³-hybridized carbons (Fsp3) is 0.345. The number of anilines is 1. The minimum Gasteiger partial charge on any atom is -0.436 e. The van der Waals surface area contributed by atoms with Crippen LogP contribution in [-0.2, 0) is 13.1 Å². The van der Waals surface area contributed by atoms with Crippen molar-refractivity contribution in [2.75, 3.05) is 24.5 Å². The Balaban J connectivity index is 1.18. The molecule has 4 aromatic rings. The number of nitrogens with one attached hydrogen (secondary N) is 1. The number of nitriles is 1. The number of alkyl halides is 1. The van der Waals surface area contributed by atoms with Crippen molar-refractivity contribution in [1.82, 2.24) is 20.3 Å². The number of amides is 1. The van der Waals surface area contributed by atoms with E-state index in [1.807, 2.05) is 18.2 Å². The minimum atomic E-state index is -0.600. The molecule has 194 valence electrons. The summed E-state index contributed by atoms with van der Waals surface area (Å²) < 4.78 is 19.0. The van der Waals surface area contributed by atoms with E-state index in [1.54, 1.807) is 30.5 Å². The highest BCUT2D eigenvalue weighted by Gasteiger charge is 2.22. The van der Waals surface area contributed by atoms with Crippen molar-refractivity contribution in [3.8, 4) is 17.5 Å². The van der Waals surface area contributed by atoms with Crippen molar-refractivity contribution < 1.29 is 13.6 Å². The van der Waals surface area contributed by atoms with Crippen LogP contribution in [0.25, 0.3) is 22.6 Å². The quantitative estimate of drug-likeness (QED) is 0.345. The normalized spacial score (nSPS) is 14.0. The molecule has 0 atom stereocenters. The van der Waals surface area contributed by atoms with Crippen LogP contribution in [-0.4, -0.2) is 40.5 Å². The van der Waals surface area contributed by atoms with E-state index in [0.29, 0.717) is 52.2 Å². The first-order valence-electron chi connectivity index (χ1n) is 12.9. The van der Waals surface area contributed by atoms with Gasteiger partial charge in [-0.2, -0.15) is 5.26 Å². The lowest BCUT2D eigenvalue weighted by molar-refractivity contribution is 0.0945. The molecule has 1 N–H and O–H groups in total. The summed E-state index contributed by atoms with van der Waals surface area (Å²) >= 11 is 0. The van der Waals surface area contributed by atoms with Crippen LogP contribution in [0.5, 0.6) is 0 Å². The van der Waals surface area contributed by atoms with E-state index in [9.17, 15) is 14.4 Å². The van der Waals surface area contributed by atoms with E-state index in [4.69, 9.17) is 4.42 Å². The smallest absolute Gasteiger partial charge is 0.251 e. The van der Waals surface area contributed by atoms with Crippen LogP contribution in [0.4, 0.5) is 10.3 Å². The Hall–Kier alpha value is -4.32. The van der Waals surface area contributed by atoms with Gasteiger partial charge in [-0.25, -0.2) is 19.3 Å². The number of hydrogen-bond acceptors (Lipinski definition) is 7. The van der Waals surface area contributed by atoms with Crippen LogP contribution in [0.15, 0.2) is 53.1 Å². The van der Waals surface area contributed by atoms with Crippen LogP contribution in [0.2, 0.25) is 0 Å². The molecule has 1 aliphatic rings. The summed E-state index contributed by atoms with van der Waals surface area (Å²) in [5, 5.41) is 12.4. The molecule has 3 heterocycles. The molecule has 2 aromatic heterocycles. The third-order valence-electron chi connectivity index (χ3n) is 6.90. The Morgan fingerprint density at radius 1 is 1.18 bits per heavy atom. The van der Waals surface area contributed by atoms with Gasteiger partial charge in [0.15, 0.2) is 5.58 Å². The molecule has 0 saturated carbocycles. The SMILES string of the molecule is CCCc1cc(C#N)cc2nc(-c3ccc(C(=O)NCC4CCN(c5nccc(CF)n5)CC4)cc3)oc12. The maximum atomic E-state index is 12.9. The lowest BCUT2D eigenvalue weighted by Crippen LogP contribution is -2.39. The first-order valence-corrected chi connectivity index (χ1v) is 12.9. The summed E-state index contributed by atoms with van der Waals surface area (Å²) in [6.07, 6.45) is 5.12. The molecule has 0 bridgehead atoms. The van der Waals surface area contributed by atoms with Gasteiger partial charge in [0.1, 0.15) is 12.2 Å². The number of piperidine rings is 1. The lowest BCUT2D eigenvalue weighted by Gasteiger charge is -2.32. The number of carbonyl (C=O) groups excluding carboxylic acids is 1. The molecule has 8 nitrogen and oxygen atoms in total. The Kier molecular flexibility index (Phi) is 7.59. The summed E-state index contributed by atoms with van der Waals surface area (Å²) in [7, 11) is 0. The Morgan fingerprint density at radius 2 is 1.97 bits per heavy atom. The third kappa shape index (κ3) is 5.49. The number of hydrogen-bond donors (Lipinski definition) is 1. The van der Waals surface area contributed by atoms with Crippen molar-refractivity contribution in [3.05, 3.63) is 71.0 Å². The van der Waals surface area contributed by atoms with Crippen LogP contribution in [0, 0.1) is 17.2 Å². The topological polar surface area (TPSA) is 108 Å². The molecular weight excluding hydrogens is 483 g/mol. The zero-order valence-electron chi connectivity index (χ0n) is 21.3. The summed E-state index contributed by atoms with van der Waals surface area (Å²) in [5.41, 5.74) is 4.64. The molecule has 5 rings (SSSR count). The Labute approximate surface area is 220 Å². The molecule has 9 heteroatoms. The highest BCUT2D eigenvalue weighted by atomic mass is 19.1. The fourth-order valence-corrected chi connectivity index (χ4v) is 4.80. The molecule has 0 aliphatic carbocycles. The van der Waals surface area contributed by atoms with Crippen molar-refractivity contribution in [3.63, 3.8) is 0 Å². The molecule has 0 spiro atoms. The minimum absolute atomic E-state index is 0.126. The average molecular weight is 513 g/mol. The van der Waals surface area contributed by atoms with E-state index < -0.39 is 6.67 Å². The molecule has 1 fully saturated rings. The van der Waals surface area contributed by atoms with Crippen LogP contribution in [0.3, 0.4) is 0 Å². The molecular formula is C29H29FN6O2. The zero-order valence-corrected chi connectivity index (χ0v) is 21.3. The number of oxazole rings is 1. The van der Waals surface area contributed by atoms with E-state index in [-0.39, 0.29) is 5.91 Å². The molecule has 0 unspecified atom stereocenters. The van der Waals surface area contributed by atoms with E-state index >= 15 is 0 Å². The summed E-state index contributed by atoms with van der Waals surface area (Å²) in [6.45, 7) is 3.61. The van der Waals surface area contributed by atoms with Crippen LogP contribution in [0.1, 0.15) is 53.4 Å². The van der Waals surface area contributed by atoms with Crippen LogP contribution >= 0.6 is 0 Å². The number of fused-ring (bicyclic) bond motifs is 1. The maximum absolute atomic E-state index is 12.9. The largest absolute Gasteiger partial charge is 0.436 e. The lowest BCUT2D eigenvalue weighted by atomic mass is 9.97. The van der Waals surface area contributed by atoms with Gasteiger partial charge in [0.25, 0.3) is 5.91 Å². The number of aryl methyl sites for hydroxylation is 1. The van der Waals surface area contributed by atoms with Crippen molar-refractivity contribution >= 4 is 23.0 Å². The third-order valence-corrected chi connectivity index (χ3v) is 6.90. The molecule has 1 amide bonds. The fourth-order valence-electron chi connectivity index (χ4n) is 4.80.